The number of rotatable bonds is 5. The van der Waals surface area contributed by atoms with Gasteiger partial charge in [-0.3, -0.25) is 14.2 Å². The van der Waals surface area contributed by atoms with Gasteiger partial charge >= 0.3 is 0 Å². The number of para-hydroxylation sites is 1. The Labute approximate surface area is 173 Å². The summed E-state index contributed by atoms with van der Waals surface area (Å²) < 4.78 is 1.48. The van der Waals surface area contributed by atoms with E-state index < -0.39 is 0 Å². The van der Waals surface area contributed by atoms with Crippen LogP contribution >= 0.6 is 23.2 Å². The highest BCUT2D eigenvalue weighted by Gasteiger charge is 2.20. The zero-order valence-corrected chi connectivity index (χ0v) is 17.5. The highest BCUT2D eigenvalue weighted by Crippen LogP contribution is 2.29. The van der Waals surface area contributed by atoms with Gasteiger partial charge in [-0.2, -0.15) is 0 Å². The van der Waals surface area contributed by atoms with E-state index in [1.807, 2.05) is 32.0 Å². The van der Waals surface area contributed by atoms with E-state index in [0.29, 0.717) is 20.9 Å². The molecule has 1 atom stereocenters. The molecular formula is C21H21Cl2N3O2. The summed E-state index contributed by atoms with van der Waals surface area (Å²) in [5.74, 6) is -0.0882. The van der Waals surface area contributed by atoms with E-state index in [9.17, 15) is 9.59 Å². The van der Waals surface area contributed by atoms with Crippen LogP contribution in [0, 0.1) is 6.92 Å². The quantitative estimate of drug-likeness (QED) is 0.608. The molecule has 7 heteroatoms. The first-order valence-corrected chi connectivity index (χ1v) is 9.70. The second-order valence-electron chi connectivity index (χ2n) is 6.81. The Kier molecular flexibility index (Phi) is 6.06. The molecule has 0 N–H and O–H groups in total. The zero-order valence-electron chi connectivity index (χ0n) is 15.9. The van der Waals surface area contributed by atoms with E-state index in [0.717, 1.165) is 11.1 Å². The van der Waals surface area contributed by atoms with Crippen LogP contribution in [0.15, 0.2) is 47.5 Å². The minimum Gasteiger partial charge on any atom is -0.339 e. The maximum absolute atomic E-state index is 12.7. The van der Waals surface area contributed by atoms with Crippen LogP contribution in [0.4, 0.5) is 0 Å². The summed E-state index contributed by atoms with van der Waals surface area (Å²) in [5.41, 5.74) is 2.32. The number of fused-ring (bicyclic) bond motifs is 1. The molecule has 0 fully saturated rings. The van der Waals surface area contributed by atoms with Gasteiger partial charge in [-0.05, 0) is 43.2 Å². The van der Waals surface area contributed by atoms with Crippen molar-refractivity contribution in [1.82, 2.24) is 14.5 Å². The van der Waals surface area contributed by atoms with Gasteiger partial charge in [-0.15, -0.1) is 0 Å². The Hall–Kier alpha value is -2.37. The van der Waals surface area contributed by atoms with Crippen LogP contribution in [-0.2, 0) is 11.3 Å². The Morgan fingerprint density at radius 3 is 2.71 bits per heavy atom. The van der Waals surface area contributed by atoms with Crippen LogP contribution < -0.4 is 5.56 Å². The number of nitrogens with zero attached hydrogens (tertiary/aromatic N) is 3. The summed E-state index contributed by atoms with van der Waals surface area (Å²) >= 11 is 12.2. The second-order valence-corrected chi connectivity index (χ2v) is 7.65. The van der Waals surface area contributed by atoms with Crippen molar-refractivity contribution in [3.05, 3.63) is 74.3 Å². The lowest BCUT2D eigenvalue weighted by Gasteiger charge is -2.26. The number of carbonyl (C=O) groups excluding carboxylic acids is 1. The first-order chi connectivity index (χ1) is 13.3. The van der Waals surface area contributed by atoms with Gasteiger partial charge in [-0.1, -0.05) is 41.4 Å². The van der Waals surface area contributed by atoms with Crippen molar-refractivity contribution in [2.24, 2.45) is 0 Å². The van der Waals surface area contributed by atoms with Crippen molar-refractivity contribution < 1.29 is 4.79 Å². The van der Waals surface area contributed by atoms with Crippen molar-refractivity contribution in [2.75, 3.05) is 7.05 Å². The van der Waals surface area contributed by atoms with E-state index in [1.165, 1.54) is 10.9 Å². The highest BCUT2D eigenvalue weighted by atomic mass is 35.5. The molecule has 0 unspecified atom stereocenters. The molecule has 2 aromatic carbocycles. The van der Waals surface area contributed by atoms with Gasteiger partial charge in [0.1, 0.15) is 0 Å². The fraction of sp³-hybridized carbons (Fsp3) is 0.286. The van der Waals surface area contributed by atoms with Crippen LogP contribution in [0.2, 0.25) is 10.0 Å². The summed E-state index contributed by atoms with van der Waals surface area (Å²) in [6, 6.07) is 10.5. The monoisotopic (exact) mass is 417 g/mol. The Bertz CT molecular complexity index is 1090. The molecule has 0 aliphatic carbocycles. The lowest BCUT2D eigenvalue weighted by atomic mass is 10.1. The van der Waals surface area contributed by atoms with E-state index in [1.54, 1.807) is 30.1 Å². The van der Waals surface area contributed by atoms with Gasteiger partial charge in [0, 0.05) is 30.1 Å². The smallest absolute Gasteiger partial charge is 0.261 e. The molecule has 0 aliphatic heterocycles. The summed E-state index contributed by atoms with van der Waals surface area (Å²) in [7, 11) is 1.72. The van der Waals surface area contributed by atoms with E-state index in [-0.39, 0.29) is 30.5 Å². The van der Waals surface area contributed by atoms with Crippen molar-refractivity contribution in [3.8, 4) is 0 Å². The minimum absolute atomic E-state index is 0.0882. The normalized spacial score (nSPS) is 12.2. The Morgan fingerprint density at radius 1 is 1.25 bits per heavy atom. The molecule has 1 aromatic heterocycles. The van der Waals surface area contributed by atoms with Gasteiger partial charge < -0.3 is 4.90 Å². The predicted octanol–water partition coefficient (Wildman–Crippen LogP) is 4.62. The number of hydrogen-bond donors (Lipinski definition) is 0. The van der Waals surface area contributed by atoms with Gasteiger partial charge in [-0.25, -0.2) is 4.98 Å². The molecule has 0 bridgehead atoms. The topological polar surface area (TPSA) is 55.2 Å². The van der Waals surface area contributed by atoms with E-state index in [4.69, 9.17) is 23.2 Å². The predicted molar refractivity (Wildman–Crippen MR) is 113 cm³/mol. The van der Waals surface area contributed by atoms with Gasteiger partial charge in [0.15, 0.2) is 0 Å². The molecular weight excluding hydrogens is 397 g/mol. The molecule has 0 spiro atoms. The van der Waals surface area contributed by atoms with Crippen molar-refractivity contribution in [3.63, 3.8) is 0 Å². The number of carbonyl (C=O) groups is 1. The van der Waals surface area contributed by atoms with Crippen LogP contribution in [0.5, 0.6) is 0 Å². The summed E-state index contributed by atoms with van der Waals surface area (Å²) in [6.07, 6.45) is 1.69. The average molecular weight is 418 g/mol. The van der Waals surface area contributed by atoms with Crippen LogP contribution in [0.25, 0.3) is 10.9 Å². The van der Waals surface area contributed by atoms with Crippen LogP contribution in [0.1, 0.15) is 30.5 Å². The summed E-state index contributed by atoms with van der Waals surface area (Å²) in [5, 5.41) is 1.63. The van der Waals surface area contributed by atoms with E-state index in [2.05, 4.69) is 4.98 Å². The third-order valence-electron chi connectivity index (χ3n) is 5.01. The SMILES string of the molecule is Cc1cccc2c(=O)n(CCC(=O)N(C)[C@H](C)c3ccc(Cl)cc3Cl)cnc12. The number of aromatic nitrogens is 2. The van der Waals surface area contributed by atoms with Crippen LogP contribution in [-0.4, -0.2) is 27.4 Å². The molecule has 3 aromatic rings. The third kappa shape index (κ3) is 4.05. The molecule has 5 nitrogen and oxygen atoms in total. The molecule has 0 aliphatic rings. The number of aryl methyl sites for hydroxylation is 2. The number of amides is 1. The molecule has 1 amide bonds. The van der Waals surface area contributed by atoms with Crippen LogP contribution in [0.3, 0.4) is 0 Å². The molecule has 0 saturated carbocycles. The van der Waals surface area contributed by atoms with Crippen molar-refractivity contribution in [2.45, 2.75) is 32.9 Å². The molecule has 28 heavy (non-hydrogen) atoms. The Balaban J connectivity index is 1.74. The zero-order chi connectivity index (χ0) is 20.4. The van der Waals surface area contributed by atoms with Crippen molar-refractivity contribution in [1.29, 1.82) is 0 Å². The Morgan fingerprint density at radius 2 is 2.00 bits per heavy atom. The van der Waals surface area contributed by atoms with Gasteiger partial charge in [0.2, 0.25) is 5.91 Å². The maximum atomic E-state index is 12.7. The van der Waals surface area contributed by atoms with Gasteiger partial charge in [0.05, 0.1) is 23.3 Å². The highest BCUT2D eigenvalue weighted by molar-refractivity contribution is 6.35. The first kappa shape index (κ1) is 20.4. The minimum atomic E-state index is -0.216. The summed E-state index contributed by atoms with van der Waals surface area (Å²) in [4.78, 5) is 31.3. The first-order valence-electron chi connectivity index (χ1n) is 8.95. The maximum Gasteiger partial charge on any atom is 0.261 e. The molecule has 146 valence electrons. The fourth-order valence-corrected chi connectivity index (χ4v) is 3.72. The lowest BCUT2D eigenvalue weighted by Crippen LogP contribution is -2.31. The standard InChI is InChI=1S/C21H21Cl2N3O2/c1-13-5-4-6-17-20(13)24-12-26(21(17)28)10-9-19(27)25(3)14(2)16-8-7-15(22)11-18(16)23/h4-8,11-12,14H,9-10H2,1-3H3/t14-/m1/s1. The molecule has 0 radical (unpaired) electrons. The largest absolute Gasteiger partial charge is 0.339 e. The number of hydrogen-bond acceptors (Lipinski definition) is 3. The number of benzene rings is 2. The van der Waals surface area contributed by atoms with Gasteiger partial charge in [0.25, 0.3) is 5.56 Å². The third-order valence-corrected chi connectivity index (χ3v) is 5.57. The average Bonchev–Trinajstić information content (AvgIpc) is 2.66. The fourth-order valence-electron chi connectivity index (χ4n) is 3.15. The molecule has 0 saturated heterocycles. The second kappa shape index (κ2) is 8.33. The molecule has 1 heterocycles. The van der Waals surface area contributed by atoms with E-state index >= 15 is 0 Å². The molecule has 3 rings (SSSR count). The lowest BCUT2D eigenvalue weighted by molar-refractivity contribution is -0.132. The number of halogens is 2. The van der Waals surface area contributed by atoms with Crippen molar-refractivity contribution >= 4 is 40.0 Å². The summed E-state index contributed by atoms with van der Waals surface area (Å²) in [6.45, 7) is 4.08.